The van der Waals surface area contributed by atoms with E-state index in [1.807, 2.05) is 0 Å². The molecule has 0 aromatic carbocycles. The normalized spacial score (nSPS) is 11.9. The Balaban J connectivity index is 2.37. The minimum Gasteiger partial charge on any atom is -0.357 e. The first-order chi connectivity index (χ1) is 9.15. The maximum Gasteiger partial charge on any atom is 0.191 e. The Bertz CT molecular complexity index is 385. The van der Waals surface area contributed by atoms with Gasteiger partial charge in [0, 0.05) is 31.4 Å². The number of aliphatic imine (C=N–C) groups is 1. The molecule has 0 aliphatic rings. The molecule has 0 bridgehead atoms. The van der Waals surface area contributed by atoms with E-state index in [4.69, 9.17) is 0 Å². The lowest BCUT2D eigenvalue weighted by Gasteiger charge is -2.11. The Morgan fingerprint density at radius 3 is 2.74 bits per heavy atom. The number of aromatic nitrogens is 1. The summed E-state index contributed by atoms with van der Waals surface area (Å²) in [4.78, 5) is 9.11. The molecule has 0 fully saturated rings. The molecule has 0 aliphatic heterocycles. The van der Waals surface area contributed by atoms with Gasteiger partial charge in [0.15, 0.2) is 5.96 Å². The van der Waals surface area contributed by atoms with Gasteiger partial charge in [0.2, 0.25) is 0 Å². The lowest BCUT2D eigenvalue weighted by atomic mass is 10.2. The van der Waals surface area contributed by atoms with Crippen LogP contribution >= 0.6 is 11.3 Å². The highest BCUT2D eigenvalue weighted by molar-refractivity contribution is 7.09. The van der Waals surface area contributed by atoms with E-state index in [9.17, 15) is 0 Å². The SMILES string of the molecule is CCNC(=NCC(C)C)NCCc1csc(CC)n1. The average molecular weight is 282 g/mol. The van der Waals surface area contributed by atoms with Gasteiger partial charge in [-0.05, 0) is 19.3 Å². The Kier molecular flexibility index (Phi) is 7.48. The average Bonchev–Trinajstić information content (AvgIpc) is 2.84. The summed E-state index contributed by atoms with van der Waals surface area (Å²) in [6.45, 7) is 11.2. The Morgan fingerprint density at radius 2 is 2.16 bits per heavy atom. The van der Waals surface area contributed by atoms with Crippen molar-refractivity contribution in [2.75, 3.05) is 19.6 Å². The summed E-state index contributed by atoms with van der Waals surface area (Å²) in [5.74, 6) is 1.49. The molecule has 0 aliphatic carbocycles. The van der Waals surface area contributed by atoms with Crippen molar-refractivity contribution in [2.24, 2.45) is 10.9 Å². The smallest absolute Gasteiger partial charge is 0.191 e. The van der Waals surface area contributed by atoms with Crippen molar-refractivity contribution in [3.8, 4) is 0 Å². The van der Waals surface area contributed by atoms with Crippen LogP contribution in [0, 0.1) is 5.92 Å². The van der Waals surface area contributed by atoms with E-state index in [-0.39, 0.29) is 0 Å². The van der Waals surface area contributed by atoms with Crippen LogP contribution in [0.15, 0.2) is 10.4 Å². The fourth-order valence-corrected chi connectivity index (χ4v) is 2.33. The zero-order chi connectivity index (χ0) is 14.1. The van der Waals surface area contributed by atoms with Gasteiger partial charge in [0.05, 0.1) is 10.7 Å². The lowest BCUT2D eigenvalue weighted by Crippen LogP contribution is -2.38. The number of thiazole rings is 1. The molecule has 0 spiro atoms. The highest BCUT2D eigenvalue weighted by Crippen LogP contribution is 2.10. The molecule has 0 saturated carbocycles. The minimum absolute atomic E-state index is 0.584. The second kappa shape index (κ2) is 8.91. The fourth-order valence-electron chi connectivity index (χ4n) is 1.55. The molecule has 1 rings (SSSR count). The van der Waals surface area contributed by atoms with Crippen molar-refractivity contribution in [1.82, 2.24) is 15.6 Å². The maximum atomic E-state index is 4.56. The van der Waals surface area contributed by atoms with Crippen LogP contribution in [-0.2, 0) is 12.8 Å². The molecule has 1 heterocycles. The standard InChI is InChI=1S/C14H26N4S/c1-5-13-18-12(10-19-13)7-8-16-14(15-6-2)17-9-11(3)4/h10-11H,5-9H2,1-4H3,(H2,15,16,17). The summed E-state index contributed by atoms with van der Waals surface area (Å²) in [5.41, 5.74) is 1.18. The second-order valence-electron chi connectivity index (χ2n) is 4.88. The van der Waals surface area contributed by atoms with E-state index < -0.39 is 0 Å². The summed E-state index contributed by atoms with van der Waals surface area (Å²) in [7, 11) is 0. The van der Waals surface area contributed by atoms with E-state index in [1.165, 1.54) is 10.7 Å². The first-order valence-corrected chi connectivity index (χ1v) is 7.99. The molecule has 0 atom stereocenters. The third-order valence-corrected chi connectivity index (χ3v) is 3.58. The summed E-state index contributed by atoms with van der Waals surface area (Å²) >= 11 is 1.75. The molecule has 2 N–H and O–H groups in total. The third-order valence-electron chi connectivity index (χ3n) is 2.53. The van der Waals surface area contributed by atoms with E-state index in [0.717, 1.165) is 38.4 Å². The van der Waals surface area contributed by atoms with Gasteiger partial charge in [-0.3, -0.25) is 4.99 Å². The number of aryl methyl sites for hydroxylation is 1. The second-order valence-corrected chi connectivity index (χ2v) is 5.82. The van der Waals surface area contributed by atoms with Gasteiger partial charge in [0.25, 0.3) is 0 Å². The molecule has 0 radical (unpaired) electrons. The molecule has 4 nitrogen and oxygen atoms in total. The number of nitrogens with zero attached hydrogens (tertiary/aromatic N) is 2. The van der Waals surface area contributed by atoms with Gasteiger partial charge in [-0.2, -0.15) is 0 Å². The maximum absolute atomic E-state index is 4.56. The Hall–Kier alpha value is -1.10. The first kappa shape index (κ1) is 16.0. The van der Waals surface area contributed by atoms with Crippen molar-refractivity contribution in [1.29, 1.82) is 0 Å². The topological polar surface area (TPSA) is 49.3 Å². The predicted octanol–water partition coefficient (Wildman–Crippen LogP) is 2.46. The lowest BCUT2D eigenvalue weighted by molar-refractivity contribution is 0.656. The van der Waals surface area contributed by atoms with Gasteiger partial charge in [-0.1, -0.05) is 20.8 Å². The van der Waals surface area contributed by atoms with Crippen LogP contribution < -0.4 is 10.6 Å². The quantitative estimate of drug-likeness (QED) is 0.596. The molecule has 108 valence electrons. The summed E-state index contributed by atoms with van der Waals surface area (Å²) in [6.07, 6.45) is 1.97. The van der Waals surface area contributed by atoms with Crippen molar-refractivity contribution < 1.29 is 0 Å². The highest BCUT2D eigenvalue weighted by atomic mass is 32.1. The van der Waals surface area contributed by atoms with Gasteiger partial charge in [-0.25, -0.2) is 4.98 Å². The summed E-state index contributed by atoms with van der Waals surface area (Å²) in [5, 5.41) is 9.99. The van der Waals surface area contributed by atoms with Crippen LogP contribution in [0.4, 0.5) is 0 Å². The van der Waals surface area contributed by atoms with Crippen LogP contribution in [-0.4, -0.2) is 30.6 Å². The zero-order valence-electron chi connectivity index (χ0n) is 12.5. The van der Waals surface area contributed by atoms with E-state index in [2.05, 4.69) is 53.7 Å². The zero-order valence-corrected chi connectivity index (χ0v) is 13.3. The number of hydrogen-bond acceptors (Lipinski definition) is 3. The van der Waals surface area contributed by atoms with Crippen molar-refractivity contribution in [2.45, 2.75) is 40.5 Å². The molecule has 1 aromatic heterocycles. The largest absolute Gasteiger partial charge is 0.357 e. The van der Waals surface area contributed by atoms with Crippen molar-refractivity contribution in [3.05, 3.63) is 16.1 Å². The Morgan fingerprint density at radius 1 is 1.37 bits per heavy atom. The molecule has 19 heavy (non-hydrogen) atoms. The monoisotopic (exact) mass is 282 g/mol. The number of hydrogen-bond donors (Lipinski definition) is 2. The predicted molar refractivity (Wildman–Crippen MR) is 84.0 cm³/mol. The van der Waals surface area contributed by atoms with Gasteiger partial charge in [0.1, 0.15) is 0 Å². The van der Waals surface area contributed by atoms with E-state index >= 15 is 0 Å². The van der Waals surface area contributed by atoms with Gasteiger partial charge in [-0.15, -0.1) is 11.3 Å². The highest BCUT2D eigenvalue weighted by Gasteiger charge is 2.02. The number of rotatable bonds is 7. The number of nitrogens with one attached hydrogen (secondary N) is 2. The fraction of sp³-hybridized carbons (Fsp3) is 0.714. The third kappa shape index (κ3) is 6.57. The summed E-state index contributed by atoms with van der Waals surface area (Å²) < 4.78 is 0. The molecular weight excluding hydrogens is 256 g/mol. The van der Waals surface area contributed by atoms with Crippen LogP contribution in [0.5, 0.6) is 0 Å². The molecule has 0 saturated heterocycles. The number of guanidine groups is 1. The van der Waals surface area contributed by atoms with Crippen LogP contribution in [0.2, 0.25) is 0 Å². The van der Waals surface area contributed by atoms with Crippen LogP contribution in [0.3, 0.4) is 0 Å². The first-order valence-electron chi connectivity index (χ1n) is 7.11. The molecule has 5 heteroatoms. The molecule has 0 amide bonds. The molecule has 0 unspecified atom stereocenters. The van der Waals surface area contributed by atoms with E-state index in [0.29, 0.717) is 5.92 Å². The van der Waals surface area contributed by atoms with Gasteiger partial charge < -0.3 is 10.6 Å². The van der Waals surface area contributed by atoms with Crippen molar-refractivity contribution in [3.63, 3.8) is 0 Å². The molecular formula is C14H26N4S. The minimum atomic E-state index is 0.584. The van der Waals surface area contributed by atoms with E-state index in [1.54, 1.807) is 11.3 Å². The van der Waals surface area contributed by atoms with Gasteiger partial charge >= 0.3 is 0 Å². The molecule has 1 aromatic rings. The van der Waals surface area contributed by atoms with Crippen LogP contribution in [0.25, 0.3) is 0 Å². The van der Waals surface area contributed by atoms with Crippen LogP contribution in [0.1, 0.15) is 38.4 Å². The Labute approximate surface area is 120 Å². The summed E-state index contributed by atoms with van der Waals surface area (Å²) in [6, 6.07) is 0. The van der Waals surface area contributed by atoms with Crippen molar-refractivity contribution >= 4 is 17.3 Å².